The predicted molar refractivity (Wildman–Crippen MR) is 119 cm³/mol. The van der Waals surface area contributed by atoms with Crippen molar-refractivity contribution in [2.24, 2.45) is 34.5 Å². The van der Waals surface area contributed by atoms with Crippen LogP contribution >= 0.6 is 11.3 Å². The molecule has 3 saturated carbocycles. The molecule has 0 aromatic carbocycles. The molecule has 2 heterocycles. The molecule has 0 spiro atoms. The number of carbonyl (C=O) groups is 2. The number of aromatic nitrogens is 1. The van der Waals surface area contributed by atoms with Crippen LogP contribution in [0.4, 0.5) is 5.13 Å². The van der Waals surface area contributed by atoms with Gasteiger partial charge in [0.2, 0.25) is 11.8 Å². The molecule has 2 amide bonds. The summed E-state index contributed by atoms with van der Waals surface area (Å²) in [6.07, 6.45) is 13.5. The second-order valence-corrected chi connectivity index (χ2v) is 11.4. The van der Waals surface area contributed by atoms with Gasteiger partial charge in [-0.2, -0.15) is 0 Å². The van der Waals surface area contributed by atoms with E-state index < -0.39 is 0 Å². The molecule has 1 aromatic rings. The second-order valence-electron chi connectivity index (χ2n) is 10.5. The SMILES string of the molecule is CN1C(=O)C=C[C@]2(C)C3CC[C@@]4(C)C(CC[C@@H]4CC(=O)Nc4nccs4)C3CCC12. The highest BCUT2D eigenvalue weighted by Gasteiger charge is 2.60. The Bertz CT molecular complexity index is 868. The number of hydrogen-bond acceptors (Lipinski definition) is 4. The first-order valence-corrected chi connectivity index (χ1v) is 12.4. The van der Waals surface area contributed by atoms with Gasteiger partial charge in [-0.25, -0.2) is 4.98 Å². The van der Waals surface area contributed by atoms with Gasteiger partial charge in [0.25, 0.3) is 0 Å². The fraction of sp³-hybridized carbons (Fsp3) is 0.708. The summed E-state index contributed by atoms with van der Waals surface area (Å²) in [5.41, 5.74) is 0.345. The molecule has 7 atom stereocenters. The second kappa shape index (κ2) is 7.18. The van der Waals surface area contributed by atoms with E-state index in [1.807, 2.05) is 23.4 Å². The van der Waals surface area contributed by atoms with Crippen LogP contribution in [0.3, 0.4) is 0 Å². The highest BCUT2D eigenvalue weighted by atomic mass is 32.1. The van der Waals surface area contributed by atoms with Crippen molar-refractivity contribution in [1.29, 1.82) is 0 Å². The first kappa shape index (κ1) is 20.2. The van der Waals surface area contributed by atoms with E-state index in [9.17, 15) is 9.59 Å². The van der Waals surface area contributed by atoms with Gasteiger partial charge in [0.05, 0.1) is 0 Å². The molecular formula is C24H33N3O2S. The number of anilines is 1. The fourth-order valence-corrected chi connectivity index (χ4v) is 8.41. The van der Waals surface area contributed by atoms with Crippen LogP contribution in [-0.2, 0) is 9.59 Å². The molecule has 1 aromatic heterocycles. The van der Waals surface area contributed by atoms with Crippen molar-refractivity contribution in [3.63, 3.8) is 0 Å². The molecule has 3 fully saturated rings. The van der Waals surface area contributed by atoms with Crippen molar-refractivity contribution in [3.05, 3.63) is 23.7 Å². The van der Waals surface area contributed by atoms with E-state index in [0.29, 0.717) is 41.3 Å². The summed E-state index contributed by atoms with van der Waals surface area (Å²) in [6.45, 7) is 4.85. The van der Waals surface area contributed by atoms with E-state index in [0.717, 1.165) is 12.8 Å². The van der Waals surface area contributed by atoms with E-state index in [1.54, 1.807) is 6.20 Å². The molecular weight excluding hydrogens is 394 g/mol. The Labute approximate surface area is 183 Å². The molecule has 5 nitrogen and oxygen atoms in total. The van der Waals surface area contributed by atoms with Crippen molar-refractivity contribution in [1.82, 2.24) is 9.88 Å². The van der Waals surface area contributed by atoms with Gasteiger partial charge in [-0.3, -0.25) is 9.59 Å². The van der Waals surface area contributed by atoms with Crippen LogP contribution in [-0.4, -0.2) is 34.8 Å². The summed E-state index contributed by atoms with van der Waals surface area (Å²) in [7, 11) is 1.98. The number of fused-ring (bicyclic) bond motifs is 5. The molecule has 5 rings (SSSR count). The molecule has 0 radical (unpaired) electrons. The van der Waals surface area contributed by atoms with E-state index in [4.69, 9.17) is 0 Å². The molecule has 0 bridgehead atoms. The summed E-state index contributed by atoms with van der Waals surface area (Å²) in [5.74, 6) is 2.78. The Morgan fingerprint density at radius 1 is 1.23 bits per heavy atom. The maximum atomic E-state index is 12.7. The zero-order chi connectivity index (χ0) is 21.1. The van der Waals surface area contributed by atoms with Crippen LogP contribution < -0.4 is 5.32 Å². The third-order valence-electron chi connectivity index (χ3n) is 9.43. The molecule has 162 valence electrons. The smallest absolute Gasteiger partial charge is 0.246 e. The first-order valence-electron chi connectivity index (χ1n) is 11.5. The first-order chi connectivity index (χ1) is 14.3. The van der Waals surface area contributed by atoms with E-state index >= 15 is 0 Å². The molecule has 6 heteroatoms. The number of nitrogens with one attached hydrogen (secondary N) is 1. The largest absolute Gasteiger partial charge is 0.338 e. The Balaban J connectivity index is 1.33. The zero-order valence-corrected chi connectivity index (χ0v) is 19.1. The quantitative estimate of drug-likeness (QED) is 0.759. The predicted octanol–water partition coefficient (Wildman–Crippen LogP) is 4.73. The fourth-order valence-electron chi connectivity index (χ4n) is 7.86. The van der Waals surface area contributed by atoms with Gasteiger partial charge in [-0.15, -0.1) is 11.3 Å². The molecule has 30 heavy (non-hydrogen) atoms. The van der Waals surface area contributed by atoms with Gasteiger partial charge in [0.1, 0.15) is 0 Å². The normalized spacial score (nSPS) is 42.4. The zero-order valence-electron chi connectivity index (χ0n) is 18.3. The number of carbonyl (C=O) groups excluding carboxylic acids is 2. The van der Waals surface area contributed by atoms with Gasteiger partial charge < -0.3 is 10.2 Å². The average Bonchev–Trinajstić information content (AvgIpc) is 3.33. The van der Waals surface area contributed by atoms with Crippen LogP contribution in [0.1, 0.15) is 58.8 Å². The minimum atomic E-state index is 0.0905. The lowest BCUT2D eigenvalue weighted by atomic mass is 9.47. The van der Waals surface area contributed by atoms with Crippen molar-refractivity contribution < 1.29 is 9.59 Å². The third-order valence-corrected chi connectivity index (χ3v) is 10.1. The lowest BCUT2D eigenvalue weighted by Gasteiger charge is -2.60. The van der Waals surface area contributed by atoms with Gasteiger partial charge in [0.15, 0.2) is 5.13 Å². The van der Waals surface area contributed by atoms with Gasteiger partial charge >= 0.3 is 0 Å². The third kappa shape index (κ3) is 2.97. The van der Waals surface area contributed by atoms with Gasteiger partial charge in [0, 0.05) is 36.5 Å². The van der Waals surface area contributed by atoms with Crippen LogP contribution in [0.25, 0.3) is 0 Å². The molecule has 0 saturated heterocycles. The van der Waals surface area contributed by atoms with Gasteiger partial charge in [-0.05, 0) is 73.7 Å². The van der Waals surface area contributed by atoms with E-state index in [2.05, 4.69) is 30.2 Å². The minimum Gasteiger partial charge on any atom is -0.338 e. The average molecular weight is 428 g/mol. The number of amides is 2. The van der Waals surface area contributed by atoms with Crippen molar-refractivity contribution in [3.8, 4) is 0 Å². The van der Waals surface area contributed by atoms with Crippen LogP contribution in [0.15, 0.2) is 23.7 Å². The summed E-state index contributed by atoms with van der Waals surface area (Å²) in [6, 6.07) is 0.335. The Kier molecular flexibility index (Phi) is 4.84. The number of rotatable bonds is 3. The summed E-state index contributed by atoms with van der Waals surface area (Å²) >= 11 is 1.48. The van der Waals surface area contributed by atoms with Crippen LogP contribution in [0, 0.1) is 34.5 Å². The topological polar surface area (TPSA) is 62.3 Å². The van der Waals surface area contributed by atoms with Crippen molar-refractivity contribution in [2.45, 2.75) is 64.8 Å². The number of hydrogen-bond donors (Lipinski definition) is 1. The lowest BCUT2D eigenvalue weighted by Crippen LogP contribution is -2.59. The molecule has 4 aliphatic rings. The highest BCUT2D eigenvalue weighted by Crippen LogP contribution is 2.65. The Hall–Kier alpha value is -1.69. The number of nitrogens with zero attached hydrogens (tertiary/aromatic N) is 2. The molecule has 1 N–H and O–H groups in total. The maximum Gasteiger partial charge on any atom is 0.246 e. The maximum absolute atomic E-state index is 12.7. The standard InChI is InChI=1S/C24H33N3O2S/c1-23-10-8-18-16(5-7-19-24(18,2)11-9-21(29)27(19)3)17(23)6-4-15(23)14-20(28)26-22-25-12-13-30-22/h9,11-13,15-19H,4-8,10,14H2,1-3H3,(H,25,26,28)/t15-,16?,17?,18?,19?,23-,24-/m1/s1. The van der Waals surface area contributed by atoms with E-state index in [-0.39, 0.29) is 22.6 Å². The molecule has 4 unspecified atom stereocenters. The molecule has 3 aliphatic carbocycles. The van der Waals surface area contributed by atoms with Crippen LogP contribution in [0.2, 0.25) is 0 Å². The minimum absolute atomic E-state index is 0.0905. The molecule has 1 aliphatic heterocycles. The summed E-state index contributed by atoms with van der Waals surface area (Å²) in [4.78, 5) is 31.1. The van der Waals surface area contributed by atoms with Crippen LogP contribution in [0.5, 0.6) is 0 Å². The Morgan fingerprint density at radius 3 is 2.83 bits per heavy atom. The van der Waals surface area contributed by atoms with E-state index in [1.165, 1.54) is 37.0 Å². The Morgan fingerprint density at radius 2 is 2.07 bits per heavy atom. The highest BCUT2D eigenvalue weighted by molar-refractivity contribution is 7.13. The summed E-state index contributed by atoms with van der Waals surface area (Å²) < 4.78 is 0. The van der Waals surface area contributed by atoms with Crippen molar-refractivity contribution >= 4 is 28.3 Å². The van der Waals surface area contributed by atoms with Crippen molar-refractivity contribution in [2.75, 3.05) is 12.4 Å². The van der Waals surface area contributed by atoms with Gasteiger partial charge in [-0.1, -0.05) is 19.9 Å². The number of thiazole rings is 1. The monoisotopic (exact) mass is 427 g/mol. The summed E-state index contributed by atoms with van der Waals surface area (Å²) in [5, 5.41) is 5.59. The lowest BCUT2D eigenvalue weighted by molar-refractivity contribution is -0.139. The number of likely N-dealkylation sites (N-methyl/N-ethyl adjacent to an activating group) is 1.